The van der Waals surface area contributed by atoms with Gasteiger partial charge >= 0.3 is 0 Å². The highest BCUT2D eigenvalue weighted by atomic mass is 15.1. The first-order valence-electron chi connectivity index (χ1n) is 6.39. The Morgan fingerprint density at radius 3 is 2.29 bits per heavy atom. The Morgan fingerprint density at radius 2 is 1.76 bits per heavy atom. The van der Waals surface area contributed by atoms with Crippen molar-refractivity contribution in [2.24, 2.45) is 5.92 Å². The summed E-state index contributed by atoms with van der Waals surface area (Å²) < 4.78 is 0. The Kier molecular flexibility index (Phi) is 5.19. The fourth-order valence-corrected chi connectivity index (χ4v) is 2.18. The van der Waals surface area contributed by atoms with Gasteiger partial charge in [-0.25, -0.2) is 9.97 Å². The molecular formula is C13H24N4. The lowest BCUT2D eigenvalue weighted by Crippen LogP contribution is -2.26. The van der Waals surface area contributed by atoms with Crippen molar-refractivity contribution in [2.75, 3.05) is 17.7 Å². The van der Waals surface area contributed by atoms with Crippen molar-refractivity contribution in [1.29, 1.82) is 0 Å². The first kappa shape index (κ1) is 13.7. The SMILES string of the molecule is CCC(CC)C(C)Nc1ncnc(NC)c1C. The molecule has 17 heavy (non-hydrogen) atoms. The third-order valence-corrected chi connectivity index (χ3v) is 3.44. The molecule has 0 saturated heterocycles. The van der Waals surface area contributed by atoms with Crippen molar-refractivity contribution in [3.05, 3.63) is 11.9 Å². The summed E-state index contributed by atoms with van der Waals surface area (Å²) >= 11 is 0. The molecule has 1 heterocycles. The molecular weight excluding hydrogens is 212 g/mol. The molecule has 1 aromatic heterocycles. The van der Waals surface area contributed by atoms with Crippen LogP contribution in [0.2, 0.25) is 0 Å². The average Bonchev–Trinajstić information content (AvgIpc) is 2.33. The van der Waals surface area contributed by atoms with Crippen molar-refractivity contribution < 1.29 is 0 Å². The average molecular weight is 236 g/mol. The van der Waals surface area contributed by atoms with Gasteiger partial charge < -0.3 is 10.6 Å². The Hall–Kier alpha value is -1.32. The van der Waals surface area contributed by atoms with E-state index in [1.165, 1.54) is 12.8 Å². The smallest absolute Gasteiger partial charge is 0.134 e. The van der Waals surface area contributed by atoms with Crippen LogP contribution in [-0.2, 0) is 0 Å². The standard InChI is InChI=1S/C13H24N4/c1-6-11(7-2)10(4)17-13-9(3)12(14-5)15-8-16-13/h8,10-11H,6-7H2,1-5H3,(H2,14,15,16,17). The number of hydrogen-bond donors (Lipinski definition) is 2. The lowest BCUT2D eigenvalue weighted by molar-refractivity contribution is 0.437. The molecule has 0 radical (unpaired) electrons. The summed E-state index contributed by atoms with van der Waals surface area (Å²) in [7, 11) is 1.88. The number of hydrogen-bond acceptors (Lipinski definition) is 4. The van der Waals surface area contributed by atoms with Crippen molar-refractivity contribution in [2.45, 2.75) is 46.6 Å². The normalized spacial score (nSPS) is 12.6. The predicted molar refractivity (Wildman–Crippen MR) is 73.5 cm³/mol. The van der Waals surface area contributed by atoms with E-state index in [9.17, 15) is 0 Å². The molecule has 1 rings (SSSR count). The van der Waals surface area contributed by atoms with E-state index in [-0.39, 0.29) is 0 Å². The second kappa shape index (κ2) is 6.42. The minimum Gasteiger partial charge on any atom is -0.373 e. The van der Waals surface area contributed by atoms with E-state index in [4.69, 9.17) is 0 Å². The molecule has 1 atom stereocenters. The third-order valence-electron chi connectivity index (χ3n) is 3.44. The zero-order chi connectivity index (χ0) is 12.8. The summed E-state index contributed by atoms with van der Waals surface area (Å²) in [5.41, 5.74) is 1.08. The Balaban J connectivity index is 2.81. The van der Waals surface area contributed by atoms with Crippen LogP contribution in [0.3, 0.4) is 0 Å². The summed E-state index contributed by atoms with van der Waals surface area (Å²) in [5, 5.41) is 6.57. The van der Waals surface area contributed by atoms with Gasteiger partial charge in [0.15, 0.2) is 0 Å². The summed E-state index contributed by atoms with van der Waals surface area (Å²) in [6, 6.07) is 0.434. The Bertz CT molecular complexity index is 347. The molecule has 0 saturated carbocycles. The molecule has 4 heteroatoms. The van der Waals surface area contributed by atoms with Gasteiger partial charge in [0.05, 0.1) is 0 Å². The van der Waals surface area contributed by atoms with Crippen LogP contribution in [0.25, 0.3) is 0 Å². The zero-order valence-corrected chi connectivity index (χ0v) is 11.5. The van der Waals surface area contributed by atoms with Gasteiger partial charge in [0.25, 0.3) is 0 Å². The van der Waals surface area contributed by atoms with E-state index in [0.29, 0.717) is 12.0 Å². The van der Waals surface area contributed by atoms with Crippen LogP contribution in [0.1, 0.15) is 39.2 Å². The van der Waals surface area contributed by atoms with Gasteiger partial charge in [0, 0.05) is 18.7 Å². The molecule has 0 spiro atoms. The maximum Gasteiger partial charge on any atom is 0.134 e. The van der Waals surface area contributed by atoms with Gasteiger partial charge in [-0.2, -0.15) is 0 Å². The first-order chi connectivity index (χ1) is 8.13. The predicted octanol–water partition coefficient (Wildman–Crippen LogP) is 3.06. The number of aromatic nitrogens is 2. The molecule has 0 aliphatic rings. The minimum absolute atomic E-state index is 0.434. The van der Waals surface area contributed by atoms with Crippen molar-refractivity contribution in [3.63, 3.8) is 0 Å². The molecule has 0 bridgehead atoms. The number of nitrogens with zero attached hydrogens (tertiary/aromatic N) is 2. The van der Waals surface area contributed by atoms with E-state index in [0.717, 1.165) is 17.2 Å². The molecule has 4 nitrogen and oxygen atoms in total. The second-order valence-electron chi connectivity index (χ2n) is 4.46. The van der Waals surface area contributed by atoms with E-state index in [1.54, 1.807) is 6.33 Å². The van der Waals surface area contributed by atoms with Gasteiger partial charge in [-0.15, -0.1) is 0 Å². The lowest BCUT2D eigenvalue weighted by Gasteiger charge is -2.24. The van der Waals surface area contributed by atoms with Gasteiger partial charge in [-0.05, 0) is 19.8 Å². The molecule has 1 unspecified atom stereocenters. The molecule has 2 N–H and O–H groups in total. The highest BCUT2D eigenvalue weighted by Gasteiger charge is 2.15. The molecule has 0 aliphatic heterocycles. The van der Waals surface area contributed by atoms with Crippen LogP contribution in [0.5, 0.6) is 0 Å². The van der Waals surface area contributed by atoms with E-state index in [2.05, 4.69) is 41.4 Å². The summed E-state index contributed by atoms with van der Waals surface area (Å²) in [6.45, 7) is 8.72. The van der Waals surface area contributed by atoms with E-state index < -0.39 is 0 Å². The first-order valence-corrected chi connectivity index (χ1v) is 6.39. The van der Waals surface area contributed by atoms with Crippen LogP contribution >= 0.6 is 0 Å². The van der Waals surface area contributed by atoms with E-state index >= 15 is 0 Å². The Labute approximate surface area is 104 Å². The number of anilines is 2. The monoisotopic (exact) mass is 236 g/mol. The third kappa shape index (κ3) is 3.32. The molecule has 0 amide bonds. The maximum atomic E-state index is 4.32. The summed E-state index contributed by atoms with van der Waals surface area (Å²) in [4.78, 5) is 8.50. The van der Waals surface area contributed by atoms with Crippen molar-refractivity contribution in [1.82, 2.24) is 9.97 Å². The van der Waals surface area contributed by atoms with Crippen LogP contribution in [0.4, 0.5) is 11.6 Å². The lowest BCUT2D eigenvalue weighted by atomic mass is 9.95. The molecule has 0 fully saturated rings. The van der Waals surface area contributed by atoms with Gasteiger partial charge in [0.1, 0.15) is 18.0 Å². The topological polar surface area (TPSA) is 49.8 Å². The van der Waals surface area contributed by atoms with Gasteiger partial charge in [-0.3, -0.25) is 0 Å². The largest absolute Gasteiger partial charge is 0.373 e. The van der Waals surface area contributed by atoms with Crippen molar-refractivity contribution >= 4 is 11.6 Å². The van der Waals surface area contributed by atoms with Gasteiger partial charge in [0.2, 0.25) is 0 Å². The van der Waals surface area contributed by atoms with Crippen LogP contribution in [0.15, 0.2) is 6.33 Å². The quantitative estimate of drug-likeness (QED) is 0.797. The summed E-state index contributed by atoms with van der Waals surface area (Å²) in [5.74, 6) is 2.50. The van der Waals surface area contributed by atoms with Crippen molar-refractivity contribution in [3.8, 4) is 0 Å². The molecule has 96 valence electrons. The zero-order valence-electron chi connectivity index (χ0n) is 11.5. The van der Waals surface area contributed by atoms with E-state index in [1.807, 2.05) is 14.0 Å². The van der Waals surface area contributed by atoms with Gasteiger partial charge in [-0.1, -0.05) is 26.7 Å². The highest BCUT2D eigenvalue weighted by Crippen LogP contribution is 2.21. The maximum absolute atomic E-state index is 4.32. The number of nitrogens with one attached hydrogen (secondary N) is 2. The highest BCUT2D eigenvalue weighted by molar-refractivity contribution is 5.56. The fourth-order valence-electron chi connectivity index (χ4n) is 2.18. The van der Waals surface area contributed by atoms with Crippen LogP contribution < -0.4 is 10.6 Å². The fraction of sp³-hybridized carbons (Fsp3) is 0.692. The van der Waals surface area contributed by atoms with Crippen LogP contribution in [0, 0.1) is 12.8 Å². The Morgan fingerprint density at radius 1 is 1.18 bits per heavy atom. The molecule has 0 aliphatic carbocycles. The molecule has 1 aromatic rings. The molecule has 0 aromatic carbocycles. The number of rotatable bonds is 6. The minimum atomic E-state index is 0.434. The summed E-state index contributed by atoms with van der Waals surface area (Å²) in [6.07, 6.45) is 3.97. The second-order valence-corrected chi connectivity index (χ2v) is 4.46. The van der Waals surface area contributed by atoms with Crippen LogP contribution in [-0.4, -0.2) is 23.1 Å².